The van der Waals surface area contributed by atoms with Gasteiger partial charge < -0.3 is 5.32 Å². The Balaban J connectivity index is 2.15. The molecule has 0 saturated carbocycles. The first-order chi connectivity index (χ1) is 13.8. The molecular weight excluding hydrogens is 425 g/mol. The molecule has 152 valence electrons. The standard InChI is InChI=1S/C19H16ClF3N4OS/c1-2-24-16(28)11-29-18-26-25-17(12-6-5-7-13(20)10-12)27(18)15-9-4-3-8-14(15)19(21,22)23/h3-10H,2,11H2,1H3,(H,24,28). The number of halogens is 4. The third-order valence-corrected chi connectivity index (χ3v) is 5.04. The molecule has 0 unspecified atom stereocenters. The maximum Gasteiger partial charge on any atom is 0.418 e. The number of para-hydroxylation sites is 1. The summed E-state index contributed by atoms with van der Waals surface area (Å²) in [5.74, 6) is -0.0570. The number of alkyl halides is 3. The second-order valence-corrected chi connectivity index (χ2v) is 7.29. The highest BCUT2D eigenvalue weighted by Crippen LogP contribution is 2.37. The summed E-state index contributed by atoms with van der Waals surface area (Å²) in [5, 5.41) is 11.4. The number of thioether (sulfide) groups is 1. The monoisotopic (exact) mass is 440 g/mol. The minimum absolute atomic E-state index is 0.00426. The van der Waals surface area contributed by atoms with Crippen LogP contribution in [-0.4, -0.2) is 33.0 Å². The summed E-state index contributed by atoms with van der Waals surface area (Å²) in [6.07, 6.45) is -4.58. The molecule has 0 aliphatic heterocycles. The van der Waals surface area contributed by atoms with Gasteiger partial charge in [-0.25, -0.2) is 0 Å². The second kappa shape index (κ2) is 8.87. The van der Waals surface area contributed by atoms with E-state index in [1.54, 1.807) is 31.2 Å². The third kappa shape index (κ3) is 4.91. The van der Waals surface area contributed by atoms with Gasteiger partial charge in [0.15, 0.2) is 11.0 Å². The normalized spacial score (nSPS) is 11.5. The van der Waals surface area contributed by atoms with Gasteiger partial charge >= 0.3 is 6.18 Å². The highest BCUT2D eigenvalue weighted by Gasteiger charge is 2.35. The van der Waals surface area contributed by atoms with Crippen LogP contribution in [-0.2, 0) is 11.0 Å². The number of rotatable bonds is 6. The summed E-state index contributed by atoms with van der Waals surface area (Å²) in [7, 11) is 0. The lowest BCUT2D eigenvalue weighted by Crippen LogP contribution is -2.24. The van der Waals surface area contributed by atoms with Crippen LogP contribution in [0.5, 0.6) is 0 Å². The van der Waals surface area contributed by atoms with E-state index in [-0.39, 0.29) is 28.3 Å². The quantitative estimate of drug-likeness (QED) is 0.557. The summed E-state index contributed by atoms with van der Waals surface area (Å²) in [5.41, 5.74) is -0.451. The van der Waals surface area contributed by atoms with Crippen molar-refractivity contribution in [1.82, 2.24) is 20.1 Å². The Kier molecular flexibility index (Phi) is 6.49. The highest BCUT2D eigenvalue weighted by atomic mass is 35.5. The molecule has 0 fully saturated rings. The van der Waals surface area contributed by atoms with Gasteiger partial charge in [-0.05, 0) is 31.2 Å². The molecule has 2 aromatic carbocycles. The minimum atomic E-state index is -4.58. The Hall–Kier alpha value is -2.52. The number of hydrogen-bond acceptors (Lipinski definition) is 4. The molecule has 3 aromatic rings. The third-order valence-electron chi connectivity index (χ3n) is 3.87. The lowest BCUT2D eigenvalue weighted by molar-refractivity contribution is -0.137. The molecule has 0 aliphatic carbocycles. The van der Waals surface area contributed by atoms with Crippen molar-refractivity contribution >= 4 is 29.3 Å². The first-order valence-electron chi connectivity index (χ1n) is 8.58. The fraction of sp³-hybridized carbons (Fsp3) is 0.211. The fourth-order valence-corrected chi connectivity index (χ4v) is 3.65. The van der Waals surface area contributed by atoms with Crippen LogP contribution in [0.3, 0.4) is 0 Å². The number of carbonyl (C=O) groups excluding carboxylic acids is 1. The van der Waals surface area contributed by atoms with Crippen molar-refractivity contribution in [2.75, 3.05) is 12.3 Å². The van der Waals surface area contributed by atoms with Gasteiger partial charge in [0.05, 0.1) is 17.0 Å². The van der Waals surface area contributed by atoms with Crippen molar-refractivity contribution in [2.45, 2.75) is 18.3 Å². The van der Waals surface area contributed by atoms with Gasteiger partial charge in [0, 0.05) is 17.1 Å². The number of hydrogen-bond donors (Lipinski definition) is 1. The van der Waals surface area contributed by atoms with E-state index in [0.717, 1.165) is 17.8 Å². The molecule has 1 amide bonds. The average molecular weight is 441 g/mol. The van der Waals surface area contributed by atoms with Crippen LogP contribution < -0.4 is 5.32 Å². The van der Waals surface area contributed by atoms with E-state index in [0.29, 0.717) is 17.1 Å². The van der Waals surface area contributed by atoms with E-state index in [1.165, 1.54) is 22.8 Å². The van der Waals surface area contributed by atoms with Gasteiger partial charge in [0.25, 0.3) is 0 Å². The van der Waals surface area contributed by atoms with Gasteiger partial charge in [0.1, 0.15) is 0 Å². The molecule has 0 bridgehead atoms. The number of amides is 1. The molecule has 29 heavy (non-hydrogen) atoms. The van der Waals surface area contributed by atoms with E-state index in [4.69, 9.17) is 11.6 Å². The molecule has 10 heteroatoms. The molecule has 0 radical (unpaired) electrons. The summed E-state index contributed by atoms with van der Waals surface area (Å²) >= 11 is 7.05. The molecule has 0 aliphatic rings. The lowest BCUT2D eigenvalue weighted by atomic mass is 10.1. The topological polar surface area (TPSA) is 59.8 Å². The van der Waals surface area contributed by atoms with Gasteiger partial charge in [-0.3, -0.25) is 9.36 Å². The largest absolute Gasteiger partial charge is 0.418 e. The minimum Gasteiger partial charge on any atom is -0.356 e. The zero-order chi connectivity index (χ0) is 21.0. The van der Waals surface area contributed by atoms with Crippen LogP contribution in [0.1, 0.15) is 12.5 Å². The van der Waals surface area contributed by atoms with E-state index < -0.39 is 11.7 Å². The van der Waals surface area contributed by atoms with Gasteiger partial charge in [0.2, 0.25) is 5.91 Å². The van der Waals surface area contributed by atoms with Crippen molar-refractivity contribution in [2.24, 2.45) is 0 Å². The van der Waals surface area contributed by atoms with Crippen molar-refractivity contribution < 1.29 is 18.0 Å². The van der Waals surface area contributed by atoms with Crippen LogP contribution in [0.25, 0.3) is 17.1 Å². The lowest BCUT2D eigenvalue weighted by Gasteiger charge is -2.16. The summed E-state index contributed by atoms with van der Waals surface area (Å²) in [4.78, 5) is 11.8. The Bertz CT molecular complexity index is 1020. The zero-order valence-corrected chi connectivity index (χ0v) is 16.8. The number of aromatic nitrogens is 3. The zero-order valence-electron chi connectivity index (χ0n) is 15.2. The molecule has 1 heterocycles. The van der Waals surface area contributed by atoms with Crippen LogP contribution >= 0.6 is 23.4 Å². The second-order valence-electron chi connectivity index (χ2n) is 5.91. The molecule has 0 spiro atoms. The maximum absolute atomic E-state index is 13.6. The SMILES string of the molecule is CCNC(=O)CSc1nnc(-c2cccc(Cl)c2)n1-c1ccccc1C(F)(F)F. The van der Waals surface area contributed by atoms with E-state index in [9.17, 15) is 18.0 Å². The molecule has 0 saturated heterocycles. The van der Waals surface area contributed by atoms with E-state index in [2.05, 4.69) is 15.5 Å². The van der Waals surface area contributed by atoms with Crippen LogP contribution in [0.15, 0.2) is 53.7 Å². The molecule has 0 atom stereocenters. The summed E-state index contributed by atoms with van der Waals surface area (Å²) in [6, 6.07) is 11.8. The predicted molar refractivity (Wildman–Crippen MR) is 106 cm³/mol. The molecule has 1 N–H and O–H groups in total. The van der Waals surface area contributed by atoms with Crippen molar-refractivity contribution in [3.63, 3.8) is 0 Å². The molecule has 1 aromatic heterocycles. The Morgan fingerprint density at radius 1 is 1.17 bits per heavy atom. The van der Waals surface area contributed by atoms with Crippen LogP contribution in [0.2, 0.25) is 5.02 Å². The fourth-order valence-electron chi connectivity index (χ4n) is 2.68. The smallest absolute Gasteiger partial charge is 0.356 e. The van der Waals surface area contributed by atoms with Gasteiger partial charge in [-0.2, -0.15) is 13.2 Å². The van der Waals surface area contributed by atoms with Crippen LogP contribution in [0, 0.1) is 0 Å². The van der Waals surface area contributed by atoms with Crippen molar-refractivity contribution in [1.29, 1.82) is 0 Å². The predicted octanol–water partition coefficient (Wildman–Crippen LogP) is 4.83. The first kappa shape index (κ1) is 21.2. The van der Waals surface area contributed by atoms with Crippen LogP contribution in [0.4, 0.5) is 13.2 Å². The Morgan fingerprint density at radius 3 is 2.62 bits per heavy atom. The number of carbonyl (C=O) groups is 1. The first-order valence-corrected chi connectivity index (χ1v) is 9.95. The molecule has 5 nitrogen and oxygen atoms in total. The molecular formula is C19H16ClF3N4OS. The summed E-state index contributed by atoms with van der Waals surface area (Å²) < 4.78 is 42.2. The van der Waals surface area contributed by atoms with Gasteiger partial charge in [-0.15, -0.1) is 10.2 Å². The Labute approximate surface area is 174 Å². The molecule has 3 rings (SSSR count). The Morgan fingerprint density at radius 2 is 1.93 bits per heavy atom. The van der Waals surface area contributed by atoms with Gasteiger partial charge in [-0.1, -0.05) is 47.6 Å². The number of nitrogens with zero attached hydrogens (tertiary/aromatic N) is 3. The summed E-state index contributed by atoms with van der Waals surface area (Å²) in [6.45, 7) is 2.23. The number of nitrogens with one attached hydrogen (secondary N) is 1. The maximum atomic E-state index is 13.6. The van der Waals surface area contributed by atoms with E-state index in [1.807, 2.05) is 0 Å². The number of benzene rings is 2. The highest BCUT2D eigenvalue weighted by molar-refractivity contribution is 7.99. The average Bonchev–Trinajstić information content (AvgIpc) is 3.10. The van der Waals surface area contributed by atoms with Crippen molar-refractivity contribution in [3.8, 4) is 17.1 Å². The van der Waals surface area contributed by atoms with E-state index >= 15 is 0 Å². The van der Waals surface area contributed by atoms with Crippen molar-refractivity contribution in [3.05, 3.63) is 59.1 Å².